The van der Waals surface area contributed by atoms with Crippen LogP contribution in [-0.2, 0) is 16.2 Å². The molecule has 0 saturated heterocycles. The third kappa shape index (κ3) is 8.36. The zero-order valence-corrected chi connectivity index (χ0v) is 40.2. The van der Waals surface area contributed by atoms with Gasteiger partial charge in [-0.25, -0.2) is 9.67 Å². The highest BCUT2D eigenvalue weighted by atomic mass is 15.3. The molecule has 10 aromatic rings. The summed E-state index contributed by atoms with van der Waals surface area (Å²) in [5.74, 6) is 0.888. The van der Waals surface area contributed by atoms with Crippen molar-refractivity contribution in [1.82, 2.24) is 19.3 Å². The molecule has 3 aromatic heterocycles. The predicted molar refractivity (Wildman–Crippen MR) is 283 cm³/mol. The quantitative estimate of drug-likeness (QED) is 0.153. The van der Waals surface area contributed by atoms with E-state index >= 15 is 0 Å². The second kappa shape index (κ2) is 16.7. The van der Waals surface area contributed by atoms with Gasteiger partial charge in [-0.3, -0.25) is 4.57 Å². The summed E-state index contributed by atoms with van der Waals surface area (Å²) in [4.78, 5) is 7.55. The topological polar surface area (TPSA) is 38.9 Å². The van der Waals surface area contributed by atoms with Gasteiger partial charge in [0.2, 0.25) is 0 Å². The molecule has 7 aromatic carbocycles. The molecule has 0 amide bonds. The molecule has 0 aliphatic carbocycles. The molecule has 0 saturated carbocycles. The number of para-hydroxylation sites is 2. The Morgan fingerprint density at radius 3 is 1.82 bits per heavy atom. The zero-order valence-electron chi connectivity index (χ0n) is 40.2. The largest absolute Gasteiger partial charge is 0.310 e. The first kappa shape index (κ1) is 43.4. The first-order valence-electron chi connectivity index (χ1n) is 23.5. The van der Waals surface area contributed by atoms with Crippen LogP contribution in [0.5, 0.6) is 0 Å². The number of anilines is 3. The third-order valence-corrected chi connectivity index (χ3v) is 13.1. The van der Waals surface area contributed by atoms with E-state index in [1.54, 1.807) is 0 Å². The van der Waals surface area contributed by atoms with Crippen LogP contribution in [0.4, 0.5) is 17.1 Å². The molecule has 0 unspecified atom stereocenters. The van der Waals surface area contributed by atoms with Crippen LogP contribution in [0.1, 0.15) is 79.0 Å². The van der Waals surface area contributed by atoms with Crippen LogP contribution >= 0.6 is 0 Å². The van der Waals surface area contributed by atoms with E-state index in [2.05, 4.69) is 254 Å². The Morgan fingerprint density at radius 2 is 1.10 bits per heavy atom. The number of benzene rings is 7. The number of nitrogens with zero attached hydrogens (tertiary/aromatic N) is 5. The van der Waals surface area contributed by atoms with Gasteiger partial charge in [0.1, 0.15) is 5.82 Å². The van der Waals surface area contributed by atoms with Crippen LogP contribution < -0.4 is 4.90 Å². The summed E-state index contributed by atoms with van der Waals surface area (Å²) in [5, 5.41) is 7.43. The van der Waals surface area contributed by atoms with Gasteiger partial charge in [0, 0.05) is 45.8 Å². The van der Waals surface area contributed by atoms with E-state index in [0.29, 0.717) is 0 Å². The van der Waals surface area contributed by atoms with E-state index in [-0.39, 0.29) is 16.2 Å². The van der Waals surface area contributed by atoms with E-state index in [4.69, 9.17) is 10.1 Å². The molecule has 0 aliphatic rings. The Bertz CT molecular complexity index is 3410. The van der Waals surface area contributed by atoms with Gasteiger partial charge < -0.3 is 4.90 Å². The van der Waals surface area contributed by atoms with Crippen molar-refractivity contribution in [3.63, 3.8) is 0 Å². The Kier molecular flexibility index (Phi) is 10.8. The lowest BCUT2D eigenvalue weighted by Gasteiger charge is -2.29. The molecule has 10 rings (SSSR count). The molecule has 3 heterocycles. The maximum Gasteiger partial charge on any atom is 0.138 e. The van der Waals surface area contributed by atoms with Crippen molar-refractivity contribution >= 4 is 38.9 Å². The third-order valence-electron chi connectivity index (χ3n) is 13.1. The van der Waals surface area contributed by atoms with Gasteiger partial charge >= 0.3 is 0 Å². The smallest absolute Gasteiger partial charge is 0.138 e. The Labute approximate surface area is 396 Å². The SMILES string of the molecule is CC(C)(C)c1cccc(-c2ccnc(-n3c4cc(N(c5ccccc5)c5cc(-n6cc(-c7ccccc7-c7ccccc7)cn6)cc(C(C)(C)C)c5)ccc4c4cccc(C(C)(C)C)c43)c2)c1. The molecule has 0 N–H and O–H groups in total. The standard InChI is InChI=1S/C62H59N5/c1-60(2,3)46-23-18-22-43(34-46)44-32-33-63-58(35-44)67-57-39-49(30-31-54(57)55-28-19-29-56(59(55)67)62(7,8)9)66(48-24-14-11-15-25-48)51-37-47(61(4,5)6)36-50(38-51)65-41-45(40-64-65)53-27-17-16-26-52(53)42-20-12-10-13-21-42/h10-41H,1-9H3. The molecular formula is C62H59N5. The van der Waals surface area contributed by atoms with Crippen LogP contribution in [0, 0.1) is 0 Å². The molecule has 332 valence electrons. The monoisotopic (exact) mass is 873 g/mol. The average Bonchev–Trinajstić information content (AvgIpc) is 3.95. The summed E-state index contributed by atoms with van der Waals surface area (Å²) < 4.78 is 4.44. The first-order valence-corrected chi connectivity index (χ1v) is 23.5. The lowest BCUT2D eigenvalue weighted by atomic mass is 9.85. The fraction of sp³-hybridized carbons (Fsp3) is 0.194. The molecule has 0 aliphatic heterocycles. The van der Waals surface area contributed by atoms with Crippen LogP contribution in [0.25, 0.3) is 66.7 Å². The van der Waals surface area contributed by atoms with Crippen molar-refractivity contribution in [2.75, 3.05) is 4.90 Å². The van der Waals surface area contributed by atoms with Crippen LogP contribution in [0.3, 0.4) is 0 Å². The molecular weight excluding hydrogens is 815 g/mol. The summed E-state index contributed by atoms with van der Waals surface area (Å²) >= 11 is 0. The van der Waals surface area contributed by atoms with Gasteiger partial charge in [-0.05, 0) is 115 Å². The van der Waals surface area contributed by atoms with Crippen LogP contribution in [0.15, 0.2) is 195 Å². The fourth-order valence-corrected chi connectivity index (χ4v) is 9.44. The normalized spacial score (nSPS) is 12.3. The lowest BCUT2D eigenvalue weighted by Crippen LogP contribution is -2.16. The van der Waals surface area contributed by atoms with Crippen LogP contribution in [0.2, 0.25) is 0 Å². The van der Waals surface area contributed by atoms with Gasteiger partial charge in [0.25, 0.3) is 0 Å². The average molecular weight is 874 g/mol. The van der Waals surface area contributed by atoms with Crippen molar-refractivity contribution in [3.8, 4) is 44.9 Å². The number of aromatic nitrogens is 4. The minimum absolute atomic E-state index is 0.0323. The minimum atomic E-state index is -0.147. The second-order valence-electron chi connectivity index (χ2n) is 21.0. The molecule has 5 heteroatoms. The van der Waals surface area contributed by atoms with Crippen molar-refractivity contribution in [2.45, 2.75) is 78.6 Å². The molecule has 0 radical (unpaired) electrons. The predicted octanol–water partition coefficient (Wildman–Crippen LogP) is 16.7. The van der Waals surface area contributed by atoms with E-state index in [0.717, 1.165) is 50.8 Å². The van der Waals surface area contributed by atoms with E-state index < -0.39 is 0 Å². The van der Waals surface area contributed by atoms with E-state index in [1.165, 1.54) is 49.7 Å². The van der Waals surface area contributed by atoms with Crippen LogP contribution in [-0.4, -0.2) is 19.3 Å². The second-order valence-corrected chi connectivity index (χ2v) is 21.0. The first-order chi connectivity index (χ1) is 32.1. The number of hydrogen-bond donors (Lipinski definition) is 0. The molecule has 5 nitrogen and oxygen atoms in total. The summed E-state index contributed by atoms with van der Waals surface area (Å²) in [6.07, 6.45) is 6.12. The highest BCUT2D eigenvalue weighted by Gasteiger charge is 2.26. The lowest BCUT2D eigenvalue weighted by molar-refractivity contribution is 0.589. The van der Waals surface area contributed by atoms with E-state index in [9.17, 15) is 0 Å². The molecule has 0 fully saturated rings. The summed E-state index contributed by atoms with van der Waals surface area (Å²) in [5.41, 5.74) is 16.9. The summed E-state index contributed by atoms with van der Waals surface area (Å²) in [6.45, 7) is 20.6. The van der Waals surface area contributed by atoms with Gasteiger partial charge in [-0.2, -0.15) is 5.10 Å². The van der Waals surface area contributed by atoms with Gasteiger partial charge in [0.05, 0.1) is 22.9 Å². The van der Waals surface area contributed by atoms with Gasteiger partial charge in [-0.15, -0.1) is 0 Å². The van der Waals surface area contributed by atoms with Gasteiger partial charge in [0.15, 0.2) is 0 Å². The highest BCUT2D eigenvalue weighted by Crippen LogP contribution is 2.44. The highest BCUT2D eigenvalue weighted by molar-refractivity contribution is 6.11. The number of pyridine rings is 1. The van der Waals surface area contributed by atoms with Crippen molar-refractivity contribution < 1.29 is 0 Å². The van der Waals surface area contributed by atoms with Crippen molar-refractivity contribution in [3.05, 3.63) is 211 Å². The number of fused-ring (bicyclic) bond motifs is 3. The maximum absolute atomic E-state index is 5.16. The maximum atomic E-state index is 5.16. The van der Waals surface area contributed by atoms with Crippen molar-refractivity contribution in [1.29, 1.82) is 0 Å². The summed E-state index contributed by atoms with van der Waals surface area (Å²) in [6, 6.07) is 63.9. The van der Waals surface area contributed by atoms with Crippen molar-refractivity contribution in [2.24, 2.45) is 0 Å². The molecule has 0 spiro atoms. The van der Waals surface area contributed by atoms with E-state index in [1.807, 2.05) is 17.1 Å². The zero-order chi connectivity index (χ0) is 46.7. The number of rotatable bonds is 8. The summed E-state index contributed by atoms with van der Waals surface area (Å²) in [7, 11) is 0. The Hall–Kier alpha value is -7.50. The minimum Gasteiger partial charge on any atom is -0.310 e. The molecule has 0 atom stereocenters. The molecule has 67 heavy (non-hydrogen) atoms. The van der Waals surface area contributed by atoms with Gasteiger partial charge in [-0.1, -0.05) is 184 Å². The number of hydrogen-bond acceptors (Lipinski definition) is 3. The molecule has 0 bridgehead atoms. The Balaban J connectivity index is 1.17. The Morgan fingerprint density at radius 1 is 0.448 bits per heavy atom. The fourth-order valence-electron chi connectivity index (χ4n) is 9.44.